The molecule has 4 heteroatoms. The second-order valence-electron chi connectivity index (χ2n) is 2.22. The van der Waals surface area contributed by atoms with E-state index >= 15 is 0 Å². The Hall–Kier alpha value is 0.0700. The van der Waals surface area contributed by atoms with Gasteiger partial charge in [-0.05, 0) is 33.8 Å². The van der Waals surface area contributed by atoms with Crippen LogP contribution in [0.1, 0.15) is 17.3 Å². The minimum absolute atomic E-state index is 0.158. The van der Waals surface area contributed by atoms with Gasteiger partial charge in [0.2, 0.25) is 0 Å². The number of hydrogen-bond donors (Lipinski definition) is 1. The highest BCUT2D eigenvalue weighted by Gasteiger charge is 2.10. The monoisotopic (exact) mass is 237 g/mol. The lowest BCUT2D eigenvalue weighted by atomic mass is 10.2. The van der Waals surface area contributed by atoms with Crippen molar-refractivity contribution in [3.05, 3.63) is 20.8 Å². The van der Waals surface area contributed by atoms with Crippen LogP contribution in [0.2, 0.25) is 0 Å². The summed E-state index contributed by atoms with van der Waals surface area (Å²) in [7, 11) is 0. The molecule has 0 fully saturated rings. The molecule has 1 heterocycles. The summed E-state index contributed by atoms with van der Waals surface area (Å²) in [5.41, 5.74) is 5.69. The Bertz CT molecular complexity index is 226. The summed E-state index contributed by atoms with van der Waals surface area (Å²) in [6.45, 7) is -0.356. The van der Waals surface area contributed by atoms with E-state index in [0.717, 1.165) is 9.35 Å². The molecule has 0 aliphatic carbocycles. The number of thiophene rings is 1. The zero-order chi connectivity index (χ0) is 8.27. The van der Waals surface area contributed by atoms with Gasteiger partial charge in [0, 0.05) is 15.4 Å². The Balaban J connectivity index is 2.67. The molecule has 0 aliphatic rings. The highest BCUT2D eigenvalue weighted by molar-refractivity contribution is 9.10. The van der Waals surface area contributed by atoms with Gasteiger partial charge < -0.3 is 5.73 Å². The van der Waals surface area contributed by atoms with Gasteiger partial charge in [0.25, 0.3) is 0 Å². The summed E-state index contributed by atoms with van der Waals surface area (Å²) in [5, 5.41) is 1.94. The summed E-state index contributed by atoms with van der Waals surface area (Å²) in [4.78, 5) is 1.03. The first-order valence-electron chi connectivity index (χ1n) is 3.30. The summed E-state index contributed by atoms with van der Waals surface area (Å²) in [6.07, 6.45) is 0.402. The maximum absolute atomic E-state index is 11.9. The van der Waals surface area contributed by atoms with Crippen LogP contribution in [0.25, 0.3) is 0 Å². The standard InChI is InChI=1S/C7H9BrFNS/c8-5-2-4-11-7(5)6(10)1-3-9/h2,4,6H,1,3,10H2/t6-/m0/s1. The Kier molecular flexibility index (Phi) is 3.48. The van der Waals surface area contributed by atoms with Crippen LogP contribution >= 0.6 is 27.3 Å². The van der Waals surface area contributed by atoms with Gasteiger partial charge in [-0.25, -0.2) is 0 Å². The molecule has 62 valence electrons. The van der Waals surface area contributed by atoms with E-state index in [1.165, 1.54) is 0 Å². The summed E-state index contributed by atoms with van der Waals surface area (Å²) >= 11 is 4.90. The van der Waals surface area contributed by atoms with Gasteiger partial charge in [-0.15, -0.1) is 11.3 Å². The molecule has 0 radical (unpaired) electrons. The molecule has 0 aromatic carbocycles. The van der Waals surface area contributed by atoms with Gasteiger partial charge in [0.05, 0.1) is 6.67 Å². The lowest BCUT2D eigenvalue weighted by Gasteiger charge is -2.06. The molecule has 0 saturated carbocycles. The molecule has 1 aromatic rings. The quantitative estimate of drug-likeness (QED) is 0.860. The van der Waals surface area contributed by atoms with E-state index in [-0.39, 0.29) is 12.7 Å². The van der Waals surface area contributed by atoms with Crippen LogP contribution in [0.3, 0.4) is 0 Å². The van der Waals surface area contributed by atoms with Crippen molar-refractivity contribution in [1.82, 2.24) is 0 Å². The number of rotatable bonds is 3. The van der Waals surface area contributed by atoms with Gasteiger partial charge in [-0.2, -0.15) is 0 Å². The van der Waals surface area contributed by atoms with Crippen LogP contribution in [0.15, 0.2) is 15.9 Å². The van der Waals surface area contributed by atoms with E-state index in [9.17, 15) is 4.39 Å². The van der Waals surface area contributed by atoms with Crippen LogP contribution < -0.4 is 5.73 Å². The highest BCUT2D eigenvalue weighted by atomic mass is 79.9. The number of alkyl halides is 1. The van der Waals surface area contributed by atoms with Gasteiger partial charge in [-0.1, -0.05) is 0 Å². The van der Waals surface area contributed by atoms with Gasteiger partial charge in [0.15, 0.2) is 0 Å². The van der Waals surface area contributed by atoms with Gasteiger partial charge in [0.1, 0.15) is 0 Å². The number of hydrogen-bond acceptors (Lipinski definition) is 2. The van der Waals surface area contributed by atoms with Crippen LogP contribution in [0, 0.1) is 0 Å². The molecule has 1 rings (SSSR count). The highest BCUT2D eigenvalue weighted by Crippen LogP contribution is 2.29. The third-order valence-electron chi connectivity index (χ3n) is 1.40. The fourth-order valence-corrected chi connectivity index (χ4v) is 2.52. The molecule has 0 bridgehead atoms. The summed E-state index contributed by atoms with van der Waals surface area (Å²) < 4.78 is 12.9. The van der Waals surface area contributed by atoms with Gasteiger partial charge in [-0.3, -0.25) is 4.39 Å². The fourth-order valence-electron chi connectivity index (χ4n) is 0.819. The first-order valence-corrected chi connectivity index (χ1v) is 4.97. The average molecular weight is 238 g/mol. The molecule has 1 nitrogen and oxygen atoms in total. The molecular formula is C7H9BrFNS. The minimum Gasteiger partial charge on any atom is -0.323 e. The van der Waals surface area contributed by atoms with Gasteiger partial charge >= 0.3 is 0 Å². The second-order valence-corrected chi connectivity index (χ2v) is 4.02. The molecule has 0 unspecified atom stereocenters. The fraction of sp³-hybridized carbons (Fsp3) is 0.429. The van der Waals surface area contributed by atoms with Crippen molar-refractivity contribution in [3.63, 3.8) is 0 Å². The molecule has 1 atom stereocenters. The minimum atomic E-state index is -0.356. The largest absolute Gasteiger partial charge is 0.323 e. The van der Waals surface area contributed by atoms with E-state index in [0.29, 0.717) is 6.42 Å². The lowest BCUT2D eigenvalue weighted by molar-refractivity contribution is 0.443. The van der Waals surface area contributed by atoms with Crippen LogP contribution in [0.4, 0.5) is 4.39 Å². The molecule has 0 amide bonds. The molecular weight excluding hydrogens is 229 g/mol. The van der Waals surface area contributed by atoms with E-state index in [1.807, 2.05) is 11.4 Å². The maximum Gasteiger partial charge on any atom is 0.0912 e. The van der Waals surface area contributed by atoms with Crippen molar-refractivity contribution in [2.75, 3.05) is 6.67 Å². The van der Waals surface area contributed by atoms with E-state index in [1.54, 1.807) is 11.3 Å². The average Bonchev–Trinajstić information content (AvgIpc) is 2.36. The Morgan fingerprint density at radius 3 is 2.91 bits per heavy atom. The Labute approximate surface area is 77.5 Å². The second kappa shape index (κ2) is 4.18. The lowest BCUT2D eigenvalue weighted by Crippen LogP contribution is -2.09. The Morgan fingerprint density at radius 2 is 2.45 bits per heavy atom. The summed E-state index contributed by atoms with van der Waals surface area (Å²) in [5.74, 6) is 0. The first kappa shape index (κ1) is 9.16. The van der Waals surface area contributed by atoms with Crippen molar-refractivity contribution in [1.29, 1.82) is 0 Å². The SMILES string of the molecule is N[C@@H](CCF)c1sccc1Br. The predicted octanol–water partition coefficient (Wildman–Crippen LogP) is 2.87. The Morgan fingerprint density at radius 1 is 1.73 bits per heavy atom. The van der Waals surface area contributed by atoms with Crippen molar-refractivity contribution in [3.8, 4) is 0 Å². The third kappa shape index (κ3) is 2.25. The van der Waals surface area contributed by atoms with Crippen molar-refractivity contribution in [2.24, 2.45) is 5.73 Å². The predicted molar refractivity (Wildman–Crippen MR) is 49.5 cm³/mol. The smallest absolute Gasteiger partial charge is 0.0912 e. The van der Waals surface area contributed by atoms with E-state index in [4.69, 9.17) is 5.73 Å². The molecule has 11 heavy (non-hydrogen) atoms. The van der Waals surface area contributed by atoms with Crippen LogP contribution in [-0.2, 0) is 0 Å². The molecule has 1 aromatic heterocycles. The zero-order valence-electron chi connectivity index (χ0n) is 5.89. The van der Waals surface area contributed by atoms with Crippen LogP contribution in [-0.4, -0.2) is 6.67 Å². The van der Waals surface area contributed by atoms with Crippen molar-refractivity contribution in [2.45, 2.75) is 12.5 Å². The van der Waals surface area contributed by atoms with E-state index < -0.39 is 0 Å². The molecule has 0 saturated heterocycles. The number of halogens is 2. The summed E-state index contributed by atoms with van der Waals surface area (Å²) in [6, 6.07) is 1.77. The molecule has 0 spiro atoms. The zero-order valence-corrected chi connectivity index (χ0v) is 8.29. The number of nitrogens with two attached hydrogens (primary N) is 1. The topological polar surface area (TPSA) is 26.0 Å². The first-order chi connectivity index (χ1) is 5.25. The molecule has 2 N–H and O–H groups in total. The van der Waals surface area contributed by atoms with E-state index in [2.05, 4.69) is 15.9 Å². The molecule has 0 aliphatic heterocycles. The van der Waals surface area contributed by atoms with Crippen molar-refractivity contribution < 1.29 is 4.39 Å². The third-order valence-corrected chi connectivity index (χ3v) is 3.40. The van der Waals surface area contributed by atoms with Crippen molar-refractivity contribution >= 4 is 27.3 Å². The maximum atomic E-state index is 11.9. The van der Waals surface area contributed by atoms with Crippen LogP contribution in [0.5, 0.6) is 0 Å². The normalized spacial score (nSPS) is 13.4.